The van der Waals surface area contributed by atoms with E-state index in [0.717, 1.165) is 49.7 Å². The molecule has 0 radical (unpaired) electrons. The first kappa shape index (κ1) is 24.0. The van der Waals surface area contributed by atoms with Crippen LogP contribution in [-0.4, -0.2) is 34.2 Å². The zero-order chi connectivity index (χ0) is 24.3. The fourth-order valence-electron chi connectivity index (χ4n) is 5.17. The number of benzene rings is 1. The van der Waals surface area contributed by atoms with E-state index >= 15 is 0 Å². The smallest absolute Gasteiger partial charge is 0.313 e. The zero-order valence-corrected chi connectivity index (χ0v) is 20.3. The van der Waals surface area contributed by atoms with Crippen molar-refractivity contribution in [3.8, 4) is 0 Å². The lowest BCUT2D eigenvalue weighted by Gasteiger charge is -2.40. The number of carbonyl (C=O) groups excluding carboxylic acids is 3. The van der Waals surface area contributed by atoms with E-state index in [1.807, 2.05) is 39.0 Å². The highest BCUT2D eigenvalue weighted by Gasteiger charge is 2.43. The van der Waals surface area contributed by atoms with Crippen molar-refractivity contribution >= 4 is 17.7 Å². The third-order valence-electron chi connectivity index (χ3n) is 6.63. The molecule has 2 atom stereocenters. The fourth-order valence-corrected chi connectivity index (χ4v) is 5.17. The number of nitrogens with one attached hydrogen (secondary N) is 2. The summed E-state index contributed by atoms with van der Waals surface area (Å²) in [5.74, 6) is -1.38. The van der Waals surface area contributed by atoms with Crippen LogP contribution >= 0.6 is 0 Å². The lowest BCUT2D eigenvalue weighted by Crippen LogP contribution is -2.54. The average Bonchev–Trinajstić information content (AvgIpc) is 3.50. The molecule has 1 aromatic carbocycles. The second kappa shape index (κ2) is 10.0. The summed E-state index contributed by atoms with van der Waals surface area (Å²) >= 11 is 0. The predicted molar refractivity (Wildman–Crippen MR) is 129 cm³/mol. The molecule has 7 nitrogen and oxygen atoms in total. The van der Waals surface area contributed by atoms with Crippen molar-refractivity contribution in [2.45, 2.75) is 89.4 Å². The lowest BCUT2D eigenvalue weighted by atomic mass is 9.85. The minimum absolute atomic E-state index is 0.00223. The van der Waals surface area contributed by atoms with Crippen LogP contribution in [0.1, 0.15) is 88.3 Å². The van der Waals surface area contributed by atoms with Crippen molar-refractivity contribution in [3.05, 3.63) is 59.5 Å². The maximum Gasteiger partial charge on any atom is 0.313 e. The van der Waals surface area contributed by atoms with Gasteiger partial charge in [-0.1, -0.05) is 37.1 Å². The summed E-state index contributed by atoms with van der Waals surface area (Å²) in [5.41, 5.74) is 1.60. The summed E-state index contributed by atoms with van der Waals surface area (Å²) in [6.45, 7) is 5.66. The maximum atomic E-state index is 13.8. The van der Waals surface area contributed by atoms with Gasteiger partial charge in [0.1, 0.15) is 5.76 Å². The van der Waals surface area contributed by atoms with E-state index in [1.165, 1.54) is 11.2 Å². The molecule has 2 aliphatic carbocycles. The van der Waals surface area contributed by atoms with Crippen LogP contribution < -0.4 is 10.6 Å². The second-order valence-electron chi connectivity index (χ2n) is 10.4. The maximum absolute atomic E-state index is 13.8. The Morgan fingerprint density at radius 1 is 1.00 bits per heavy atom. The van der Waals surface area contributed by atoms with Gasteiger partial charge in [0.25, 0.3) is 5.91 Å². The first-order chi connectivity index (χ1) is 16.2. The van der Waals surface area contributed by atoms with Gasteiger partial charge in [-0.25, -0.2) is 0 Å². The number of aryl methyl sites for hydroxylation is 1. The summed E-state index contributed by atoms with van der Waals surface area (Å²) in [6.07, 6.45) is 7.75. The van der Waals surface area contributed by atoms with Crippen LogP contribution in [0, 0.1) is 0 Å². The SMILES string of the molecule is CC(C)(C)NC(=O)[C@@H](c1ccco1)N(C(=O)C(=O)NC1CCCC1)[C@@H]1CCCc2ccccc21. The van der Waals surface area contributed by atoms with Crippen LogP contribution in [0.2, 0.25) is 0 Å². The molecule has 34 heavy (non-hydrogen) atoms. The molecule has 1 heterocycles. The van der Waals surface area contributed by atoms with Crippen LogP contribution in [0.25, 0.3) is 0 Å². The van der Waals surface area contributed by atoms with E-state index < -0.39 is 29.4 Å². The van der Waals surface area contributed by atoms with Gasteiger partial charge in [-0.2, -0.15) is 0 Å². The molecule has 2 aromatic rings. The average molecular weight is 466 g/mol. The molecule has 3 amide bonds. The van der Waals surface area contributed by atoms with Crippen molar-refractivity contribution in [2.75, 3.05) is 0 Å². The van der Waals surface area contributed by atoms with Crippen molar-refractivity contribution in [2.24, 2.45) is 0 Å². The Morgan fingerprint density at radius 2 is 1.74 bits per heavy atom. The minimum Gasteiger partial charge on any atom is -0.467 e. The molecule has 2 N–H and O–H groups in total. The first-order valence-electron chi connectivity index (χ1n) is 12.3. The second-order valence-corrected chi connectivity index (χ2v) is 10.4. The summed E-state index contributed by atoms with van der Waals surface area (Å²) in [7, 11) is 0. The van der Waals surface area contributed by atoms with E-state index in [9.17, 15) is 14.4 Å². The number of carbonyl (C=O) groups is 3. The van der Waals surface area contributed by atoms with Crippen LogP contribution in [-0.2, 0) is 20.8 Å². The third-order valence-corrected chi connectivity index (χ3v) is 6.63. The Labute approximate surface area is 201 Å². The predicted octanol–water partition coefficient (Wildman–Crippen LogP) is 4.20. The molecule has 4 rings (SSSR count). The summed E-state index contributed by atoms with van der Waals surface area (Å²) in [5, 5.41) is 5.91. The fraction of sp³-hybridized carbons (Fsp3) is 0.519. The molecule has 7 heteroatoms. The number of hydrogen-bond donors (Lipinski definition) is 2. The number of amides is 3. The molecule has 0 unspecified atom stereocenters. The van der Waals surface area contributed by atoms with Crippen LogP contribution in [0.15, 0.2) is 47.1 Å². The van der Waals surface area contributed by atoms with E-state index in [0.29, 0.717) is 12.2 Å². The molecule has 0 spiro atoms. The molecule has 1 saturated carbocycles. The summed E-state index contributed by atoms with van der Waals surface area (Å²) in [6, 6.07) is 9.89. The molecule has 182 valence electrons. The highest BCUT2D eigenvalue weighted by Crippen LogP contribution is 2.39. The Kier molecular flexibility index (Phi) is 7.10. The van der Waals surface area contributed by atoms with Gasteiger partial charge in [0.15, 0.2) is 6.04 Å². The van der Waals surface area contributed by atoms with Crippen LogP contribution in [0.5, 0.6) is 0 Å². The Bertz CT molecular complexity index is 1020. The molecule has 0 saturated heterocycles. The Balaban J connectivity index is 1.76. The van der Waals surface area contributed by atoms with Gasteiger partial charge in [0.05, 0.1) is 12.3 Å². The van der Waals surface area contributed by atoms with Gasteiger partial charge in [-0.05, 0) is 76.1 Å². The lowest BCUT2D eigenvalue weighted by molar-refractivity contribution is -0.153. The van der Waals surface area contributed by atoms with E-state index in [1.54, 1.807) is 12.1 Å². The number of furan rings is 1. The monoisotopic (exact) mass is 465 g/mol. The standard InChI is InChI=1S/C27H35N3O4/c1-27(2,3)29-24(31)23(22-16-9-17-34-22)30(26(33)25(32)28-19-12-5-6-13-19)21-15-8-11-18-10-4-7-14-20(18)21/h4,7,9-10,14,16-17,19,21,23H,5-6,8,11-13,15H2,1-3H3,(H,28,32)(H,29,31)/t21-,23-/m1/s1. The van der Waals surface area contributed by atoms with Crippen LogP contribution in [0.4, 0.5) is 0 Å². The topological polar surface area (TPSA) is 91.7 Å². The number of rotatable bonds is 5. The van der Waals surface area contributed by atoms with Gasteiger partial charge >= 0.3 is 11.8 Å². The van der Waals surface area contributed by atoms with Crippen molar-refractivity contribution in [3.63, 3.8) is 0 Å². The largest absolute Gasteiger partial charge is 0.467 e. The van der Waals surface area contributed by atoms with Crippen molar-refractivity contribution in [1.29, 1.82) is 0 Å². The third kappa shape index (κ3) is 5.34. The first-order valence-corrected chi connectivity index (χ1v) is 12.3. The Morgan fingerprint density at radius 3 is 2.41 bits per heavy atom. The highest BCUT2D eigenvalue weighted by molar-refractivity contribution is 6.35. The van der Waals surface area contributed by atoms with Gasteiger partial charge in [0.2, 0.25) is 0 Å². The molecule has 1 aromatic heterocycles. The summed E-state index contributed by atoms with van der Waals surface area (Å²) in [4.78, 5) is 42.1. The molecule has 0 aliphatic heterocycles. The van der Waals surface area contributed by atoms with Gasteiger partial charge in [-0.3, -0.25) is 14.4 Å². The number of fused-ring (bicyclic) bond motifs is 1. The Hall–Kier alpha value is -3.09. The van der Waals surface area contributed by atoms with E-state index in [2.05, 4.69) is 16.7 Å². The van der Waals surface area contributed by atoms with Crippen molar-refractivity contribution < 1.29 is 18.8 Å². The highest BCUT2D eigenvalue weighted by atomic mass is 16.3. The number of hydrogen-bond acceptors (Lipinski definition) is 4. The van der Waals surface area contributed by atoms with E-state index in [4.69, 9.17) is 4.42 Å². The van der Waals surface area contributed by atoms with Gasteiger partial charge in [-0.15, -0.1) is 0 Å². The molecular formula is C27H35N3O4. The normalized spacial score (nSPS) is 19.2. The molecule has 1 fully saturated rings. The molecular weight excluding hydrogens is 430 g/mol. The van der Waals surface area contributed by atoms with Crippen LogP contribution in [0.3, 0.4) is 0 Å². The minimum atomic E-state index is -1.06. The van der Waals surface area contributed by atoms with Crippen molar-refractivity contribution in [1.82, 2.24) is 15.5 Å². The summed E-state index contributed by atoms with van der Waals surface area (Å²) < 4.78 is 5.67. The zero-order valence-electron chi connectivity index (χ0n) is 20.3. The number of nitrogens with zero attached hydrogens (tertiary/aromatic N) is 1. The van der Waals surface area contributed by atoms with Gasteiger partial charge < -0.3 is 20.0 Å². The quantitative estimate of drug-likeness (QED) is 0.648. The molecule has 2 aliphatic rings. The molecule has 0 bridgehead atoms. The van der Waals surface area contributed by atoms with Gasteiger partial charge in [0, 0.05) is 11.6 Å². The van der Waals surface area contributed by atoms with E-state index in [-0.39, 0.29) is 11.9 Å².